The minimum atomic E-state index is 0.0200. The molecular weight excluding hydrogens is 230 g/mol. The number of hydrogen-bond acceptors (Lipinski definition) is 2. The number of carbonyl (C=O) groups excluding carboxylic acids is 1. The third-order valence-electron chi connectivity index (χ3n) is 3.23. The predicted molar refractivity (Wildman–Crippen MR) is 72.7 cm³/mol. The molecule has 1 unspecified atom stereocenters. The van der Waals surface area contributed by atoms with E-state index in [1.54, 1.807) is 0 Å². The van der Waals surface area contributed by atoms with E-state index >= 15 is 0 Å². The van der Waals surface area contributed by atoms with Crippen LogP contribution in [0.1, 0.15) is 42.1 Å². The van der Waals surface area contributed by atoms with Crippen molar-refractivity contribution in [2.24, 2.45) is 5.92 Å². The molecule has 0 saturated heterocycles. The predicted octanol–water partition coefficient (Wildman–Crippen LogP) is 3.20. The number of amides is 1. The van der Waals surface area contributed by atoms with Crippen LogP contribution in [0.25, 0.3) is 0 Å². The molecule has 1 amide bonds. The summed E-state index contributed by atoms with van der Waals surface area (Å²) in [6.07, 6.45) is 3.75. The van der Waals surface area contributed by atoms with Crippen molar-refractivity contribution in [3.63, 3.8) is 0 Å². The van der Waals surface area contributed by atoms with E-state index in [2.05, 4.69) is 24.9 Å². The highest BCUT2D eigenvalue weighted by Crippen LogP contribution is 2.33. The Hall–Kier alpha value is -0.960. The zero-order valence-electron chi connectivity index (χ0n) is 10.4. The van der Waals surface area contributed by atoms with Crippen molar-refractivity contribution in [3.8, 4) is 0 Å². The van der Waals surface area contributed by atoms with Gasteiger partial charge < -0.3 is 5.32 Å². The van der Waals surface area contributed by atoms with Gasteiger partial charge in [0.15, 0.2) is 0 Å². The van der Waals surface area contributed by atoms with Gasteiger partial charge >= 0.3 is 0 Å². The summed E-state index contributed by atoms with van der Waals surface area (Å²) in [5, 5.41) is 3.06. The van der Waals surface area contributed by atoms with Crippen LogP contribution in [0.15, 0.2) is 23.1 Å². The van der Waals surface area contributed by atoms with Crippen molar-refractivity contribution in [2.75, 3.05) is 0 Å². The number of aryl methyl sites for hydroxylation is 1. The molecule has 1 aromatic carbocycles. The Morgan fingerprint density at radius 3 is 2.88 bits per heavy atom. The largest absolute Gasteiger partial charge is 0.350 e. The summed E-state index contributed by atoms with van der Waals surface area (Å²) >= 11 is 4.27. The molecule has 2 rings (SSSR count). The Morgan fingerprint density at radius 1 is 1.53 bits per heavy atom. The van der Waals surface area contributed by atoms with Gasteiger partial charge in [-0.15, -0.1) is 12.6 Å². The van der Waals surface area contributed by atoms with Gasteiger partial charge in [-0.25, -0.2) is 0 Å². The molecule has 0 bridgehead atoms. The Kier molecular flexibility index (Phi) is 3.77. The Balaban J connectivity index is 2.00. The fourth-order valence-corrected chi connectivity index (χ4v) is 2.27. The summed E-state index contributed by atoms with van der Waals surface area (Å²) in [5.41, 5.74) is 1.74. The lowest BCUT2D eigenvalue weighted by Crippen LogP contribution is -2.33. The lowest BCUT2D eigenvalue weighted by Gasteiger charge is -2.14. The molecule has 1 fully saturated rings. The number of rotatable bonds is 4. The van der Waals surface area contributed by atoms with Crippen LogP contribution in [-0.4, -0.2) is 11.9 Å². The van der Waals surface area contributed by atoms with Gasteiger partial charge in [0.1, 0.15) is 0 Å². The molecule has 1 aliphatic rings. The van der Waals surface area contributed by atoms with Crippen molar-refractivity contribution in [2.45, 2.75) is 44.0 Å². The highest BCUT2D eigenvalue weighted by molar-refractivity contribution is 7.80. The average Bonchev–Trinajstić information content (AvgIpc) is 3.05. The number of benzene rings is 1. The molecule has 1 N–H and O–H groups in total. The number of hydrogen-bond donors (Lipinski definition) is 2. The van der Waals surface area contributed by atoms with Gasteiger partial charge in [-0.3, -0.25) is 4.79 Å². The van der Waals surface area contributed by atoms with Crippen molar-refractivity contribution >= 4 is 18.5 Å². The van der Waals surface area contributed by atoms with Crippen LogP contribution in [0.5, 0.6) is 0 Å². The zero-order chi connectivity index (χ0) is 12.4. The third-order valence-corrected chi connectivity index (χ3v) is 3.51. The first kappa shape index (κ1) is 12.5. The van der Waals surface area contributed by atoms with Gasteiger partial charge in [0, 0.05) is 16.5 Å². The van der Waals surface area contributed by atoms with Crippen molar-refractivity contribution < 1.29 is 4.79 Å². The Morgan fingerprint density at radius 2 is 2.24 bits per heavy atom. The maximum atomic E-state index is 12.1. The molecule has 3 heteroatoms. The molecule has 1 saturated carbocycles. The average molecular weight is 249 g/mol. The topological polar surface area (TPSA) is 29.1 Å². The molecule has 1 aliphatic carbocycles. The lowest BCUT2D eigenvalue weighted by molar-refractivity contribution is 0.0936. The van der Waals surface area contributed by atoms with E-state index in [1.165, 1.54) is 12.8 Å². The van der Waals surface area contributed by atoms with E-state index < -0.39 is 0 Å². The first-order valence-corrected chi connectivity index (χ1v) is 6.61. The van der Waals surface area contributed by atoms with Gasteiger partial charge in [0.2, 0.25) is 0 Å². The maximum absolute atomic E-state index is 12.1. The summed E-state index contributed by atoms with van der Waals surface area (Å²) in [7, 11) is 0. The summed E-state index contributed by atoms with van der Waals surface area (Å²) in [6, 6.07) is 5.93. The molecular formula is C14H19NOS. The minimum absolute atomic E-state index is 0.0200. The van der Waals surface area contributed by atoms with Crippen molar-refractivity contribution in [1.29, 1.82) is 0 Å². The fourth-order valence-electron chi connectivity index (χ4n) is 2.07. The molecule has 0 aromatic heterocycles. The smallest absolute Gasteiger partial charge is 0.251 e. The highest BCUT2D eigenvalue weighted by atomic mass is 32.1. The van der Waals surface area contributed by atoms with E-state index in [0.717, 1.165) is 28.4 Å². The van der Waals surface area contributed by atoms with Crippen LogP contribution < -0.4 is 5.32 Å². The highest BCUT2D eigenvalue weighted by Gasteiger charge is 2.24. The molecule has 1 atom stereocenters. The molecule has 17 heavy (non-hydrogen) atoms. The van der Waals surface area contributed by atoms with Crippen LogP contribution >= 0.6 is 12.6 Å². The summed E-state index contributed by atoms with van der Waals surface area (Å²) in [5.74, 6) is 0.856. The first-order valence-electron chi connectivity index (χ1n) is 6.16. The van der Waals surface area contributed by atoms with Gasteiger partial charge in [-0.2, -0.15) is 0 Å². The molecule has 92 valence electrons. The van der Waals surface area contributed by atoms with Crippen LogP contribution in [-0.2, 0) is 0 Å². The zero-order valence-corrected chi connectivity index (χ0v) is 11.3. The van der Waals surface area contributed by atoms with E-state index in [9.17, 15) is 4.79 Å². The first-order chi connectivity index (χ1) is 8.06. The standard InChI is InChI=1S/C14H19NOS/c1-9-3-6-12(17)8-13(9)14(16)15-10(2)7-11-4-5-11/h3,6,8,10-11,17H,4-5,7H2,1-2H3,(H,15,16). The van der Waals surface area contributed by atoms with E-state index in [1.807, 2.05) is 25.1 Å². The fraction of sp³-hybridized carbons (Fsp3) is 0.500. The number of nitrogens with one attached hydrogen (secondary N) is 1. The second kappa shape index (κ2) is 5.13. The quantitative estimate of drug-likeness (QED) is 0.788. The lowest BCUT2D eigenvalue weighted by atomic mass is 10.1. The number of carbonyl (C=O) groups is 1. The molecule has 0 aliphatic heterocycles. The molecule has 1 aromatic rings. The monoisotopic (exact) mass is 249 g/mol. The Bertz CT molecular complexity index is 426. The molecule has 0 spiro atoms. The molecule has 0 heterocycles. The van der Waals surface area contributed by atoms with E-state index in [-0.39, 0.29) is 11.9 Å². The molecule has 0 radical (unpaired) electrons. The normalized spacial score (nSPS) is 16.6. The van der Waals surface area contributed by atoms with Gasteiger partial charge in [-0.05, 0) is 43.9 Å². The van der Waals surface area contributed by atoms with Gasteiger partial charge in [-0.1, -0.05) is 18.9 Å². The minimum Gasteiger partial charge on any atom is -0.350 e. The second-order valence-corrected chi connectivity index (χ2v) is 5.57. The van der Waals surface area contributed by atoms with E-state index in [4.69, 9.17) is 0 Å². The summed E-state index contributed by atoms with van der Waals surface area (Å²) < 4.78 is 0. The third kappa shape index (κ3) is 3.50. The summed E-state index contributed by atoms with van der Waals surface area (Å²) in [4.78, 5) is 12.9. The number of thiol groups is 1. The van der Waals surface area contributed by atoms with Crippen molar-refractivity contribution in [1.82, 2.24) is 5.32 Å². The molecule has 2 nitrogen and oxygen atoms in total. The second-order valence-electron chi connectivity index (χ2n) is 5.05. The van der Waals surface area contributed by atoms with E-state index in [0.29, 0.717) is 0 Å². The van der Waals surface area contributed by atoms with Gasteiger partial charge in [0.05, 0.1) is 0 Å². The van der Waals surface area contributed by atoms with Crippen LogP contribution in [0.3, 0.4) is 0 Å². The maximum Gasteiger partial charge on any atom is 0.251 e. The van der Waals surface area contributed by atoms with Gasteiger partial charge in [0.25, 0.3) is 5.91 Å². The summed E-state index contributed by atoms with van der Waals surface area (Å²) in [6.45, 7) is 4.03. The SMILES string of the molecule is Cc1ccc(S)cc1C(=O)NC(C)CC1CC1. The Labute approximate surface area is 108 Å². The van der Waals surface area contributed by atoms with Crippen LogP contribution in [0.4, 0.5) is 0 Å². The van der Waals surface area contributed by atoms with Crippen LogP contribution in [0, 0.1) is 12.8 Å². The van der Waals surface area contributed by atoms with Crippen molar-refractivity contribution in [3.05, 3.63) is 29.3 Å². The van der Waals surface area contributed by atoms with Crippen LogP contribution in [0.2, 0.25) is 0 Å².